The van der Waals surface area contributed by atoms with E-state index in [-0.39, 0.29) is 11.9 Å². The van der Waals surface area contributed by atoms with Crippen molar-refractivity contribution >= 4 is 17.6 Å². The number of para-hydroxylation sites is 1. The van der Waals surface area contributed by atoms with E-state index in [4.69, 9.17) is 9.47 Å². The fourth-order valence-corrected chi connectivity index (χ4v) is 3.34. The largest absolute Gasteiger partial charge is 0.465 e. The Balaban J connectivity index is 1.30. The van der Waals surface area contributed by atoms with Gasteiger partial charge in [0.05, 0.1) is 19.2 Å². The minimum atomic E-state index is -0.333. The summed E-state index contributed by atoms with van der Waals surface area (Å²) in [5.74, 6) is 1.10. The average molecular weight is 462 g/mol. The molecule has 0 spiro atoms. The van der Waals surface area contributed by atoms with Crippen LogP contribution in [0.3, 0.4) is 0 Å². The fourth-order valence-electron chi connectivity index (χ4n) is 3.34. The number of nitrogens with zero attached hydrogens (tertiary/aromatic N) is 1. The molecule has 0 fully saturated rings. The number of nitrogens with one attached hydrogen (secondary N) is 2. The van der Waals surface area contributed by atoms with Gasteiger partial charge in [0.2, 0.25) is 5.91 Å². The quantitative estimate of drug-likeness (QED) is 0.309. The minimum Gasteiger partial charge on any atom is -0.465 e. The summed E-state index contributed by atoms with van der Waals surface area (Å²) < 4.78 is 10.5. The monoisotopic (exact) mass is 461 g/mol. The Labute approximate surface area is 200 Å². The lowest BCUT2D eigenvalue weighted by Crippen LogP contribution is -2.32. The Morgan fingerprint density at radius 2 is 1.56 bits per heavy atom. The molecule has 178 valence electrons. The van der Waals surface area contributed by atoms with Gasteiger partial charge in [-0.25, -0.2) is 4.79 Å². The highest BCUT2D eigenvalue weighted by Crippen LogP contribution is 2.22. The van der Waals surface area contributed by atoms with Gasteiger partial charge in [0.15, 0.2) is 0 Å². The Morgan fingerprint density at radius 3 is 2.24 bits per heavy atom. The number of carbonyl (C=O) groups excluding carboxylic acids is 2. The number of benzene rings is 3. The van der Waals surface area contributed by atoms with Gasteiger partial charge >= 0.3 is 5.97 Å². The van der Waals surface area contributed by atoms with Gasteiger partial charge in [0, 0.05) is 12.2 Å². The highest BCUT2D eigenvalue weighted by Gasteiger charge is 2.08. The summed E-state index contributed by atoms with van der Waals surface area (Å²) in [6, 6.07) is 24.2. The molecule has 0 aromatic heterocycles. The van der Waals surface area contributed by atoms with Crippen LogP contribution in [-0.4, -0.2) is 50.6 Å². The molecule has 3 aromatic carbocycles. The van der Waals surface area contributed by atoms with E-state index in [1.54, 1.807) is 12.1 Å². The zero-order valence-corrected chi connectivity index (χ0v) is 19.6. The molecule has 0 unspecified atom stereocenters. The summed E-state index contributed by atoms with van der Waals surface area (Å²) >= 11 is 0. The van der Waals surface area contributed by atoms with Gasteiger partial charge in [-0.05, 0) is 80.7 Å². The first-order valence-corrected chi connectivity index (χ1v) is 11.2. The third-order valence-corrected chi connectivity index (χ3v) is 5.13. The second-order valence-electron chi connectivity index (χ2n) is 7.94. The van der Waals surface area contributed by atoms with Crippen LogP contribution in [0.5, 0.6) is 11.5 Å². The molecule has 0 aliphatic heterocycles. The maximum atomic E-state index is 12.3. The van der Waals surface area contributed by atoms with Gasteiger partial charge < -0.3 is 20.1 Å². The van der Waals surface area contributed by atoms with Gasteiger partial charge in [-0.1, -0.05) is 30.3 Å². The second kappa shape index (κ2) is 13.1. The summed E-state index contributed by atoms with van der Waals surface area (Å²) in [5, 5.41) is 6.30. The summed E-state index contributed by atoms with van der Waals surface area (Å²) in [5.41, 5.74) is 2.38. The number of amides is 1. The Hall–Kier alpha value is -3.68. The standard InChI is InChI=1S/C27H31N3O4/c1-30(18-6-17-28-19-21-9-11-22(12-10-21)27(32)33-2)20-26(31)29-23-13-15-25(16-14-23)34-24-7-4-3-5-8-24/h3-5,7-16,28H,6,17-20H2,1-2H3,(H,29,31). The van der Waals surface area contributed by atoms with Crippen LogP contribution in [0.25, 0.3) is 0 Å². The highest BCUT2D eigenvalue weighted by atomic mass is 16.5. The summed E-state index contributed by atoms with van der Waals surface area (Å²) in [6.45, 7) is 2.66. The number of anilines is 1. The lowest BCUT2D eigenvalue weighted by Gasteiger charge is -2.16. The van der Waals surface area contributed by atoms with Crippen molar-refractivity contribution in [3.63, 3.8) is 0 Å². The third-order valence-electron chi connectivity index (χ3n) is 5.13. The molecule has 0 radical (unpaired) electrons. The van der Waals surface area contributed by atoms with Crippen LogP contribution in [0, 0.1) is 0 Å². The second-order valence-corrected chi connectivity index (χ2v) is 7.94. The van der Waals surface area contributed by atoms with E-state index in [0.29, 0.717) is 17.9 Å². The molecule has 0 saturated carbocycles. The van der Waals surface area contributed by atoms with E-state index in [1.807, 2.05) is 78.7 Å². The van der Waals surface area contributed by atoms with Crippen molar-refractivity contribution in [2.45, 2.75) is 13.0 Å². The van der Waals surface area contributed by atoms with Gasteiger partial charge in [-0.15, -0.1) is 0 Å². The number of ether oxygens (including phenoxy) is 2. The van der Waals surface area contributed by atoms with Crippen LogP contribution < -0.4 is 15.4 Å². The molecule has 2 N–H and O–H groups in total. The minimum absolute atomic E-state index is 0.0575. The molecule has 0 aliphatic carbocycles. The number of rotatable bonds is 12. The van der Waals surface area contributed by atoms with E-state index in [1.165, 1.54) is 7.11 Å². The Kier molecular flexibility index (Phi) is 9.64. The van der Waals surface area contributed by atoms with Crippen LogP contribution >= 0.6 is 0 Å². The van der Waals surface area contributed by atoms with E-state index in [2.05, 4.69) is 10.6 Å². The molecule has 0 saturated heterocycles. The van der Waals surface area contributed by atoms with Crippen molar-refractivity contribution in [2.24, 2.45) is 0 Å². The summed E-state index contributed by atoms with van der Waals surface area (Å²) in [6.07, 6.45) is 0.912. The molecule has 3 rings (SSSR count). The van der Waals surface area contributed by atoms with E-state index < -0.39 is 0 Å². The fraction of sp³-hybridized carbons (Fsp3) is 0.259. The van der Waals surface area contributed by atoms with Crippen molar-refractivity contribution in [3.8, 4) is 11.5 Å². The molecule has 0 heterocycles. The molecule has 7 nitrogen and oxygen atoms in total. The SMILES string of the molecule is COC(=O)c1ccc(CNCCCN(C)CC(=O)Nc2ccc(Oc3ccccc3)cc2)cc1. The van der Waals surface area contributed by atoms with Gasteiger partial charge in [-0.3, -0.25) is 9.69 Å². The molecule has 34 heavy (non-hydrogen) atoms. The van der Waals surface area contributed by atoms with E-state index >= 15 is 0 Å². The van der Waals surface area contributed by atoms with Crippen molar-refractivity contribution in [3.05, 3.63) is 90.0 Å². The molecule has 0 aliphatic rings. The van der Waals surface area contributed by atoms with Crippen molar-refractivity contribution in [1.29, 1.82) is 0 Å². The average Bonchev–Trinajstić information content (AvgIpc) is 2.85. The number of methoxy groups -OCH3 is 1. The van der Waals surface area contributed by atoms with E-state index in [9.17, 15) is 9.59 Å². The van der Waals surface area contributed by atoms with Crippen LogP contribution in [0.15, 0.2) is 78.9 Å². The zero-order valence-electron chi connectivity index (χ0n) is 19.6. The third kappa shape index (κ3) is 8.35. The first-order valence-electron chi connectivity index (χ1n) is 11.2. The van der Waals surface area contributed by atoms with Gasteiger partial charge in [0.1, 0.15) is 11.5 Å². The molecule has 0 atom stereocenters. The molecule has 7 heteroatoms. The number of hydrogen-bond donors (Lipinski definition) is 2. The van der Waals surface area contributed by atoms with Crippen molar-refractivity contribution < 1.29 is 19.1 Å². The van der Waals surface area contributed by atoms with E-state index in [0.717, 1.165) is 43.1 Å². The van der Waals surface area contributed by atoms with Crippen LogP contribution in [-0.2, 0) is 16.1 Å². The lowest BCUT2D eigenvalue weighted by atomic mass is 10.1. The number of carbonyl (C=O) groups is 2. The van der Waals surface area contributed by atoms with Crippen LogP contribution in [0.4, 0.5) is 5.69 Å². The van der Waals surface area contributed by atoms with Crippen molar-refractivity contribution in [2.75, 3.05) is 39.1 Å². The molecule has 1 amide bonds. The molecular formula is C27H31N3O4. The van der Waals surface area contributed by atoms with Crippen LogP contribution in [0.1, 0.15) is 22.3 Å². The maximum absolute atomic E-state index is 12.3. The molecule has 0 bridgehead atoms. The zero-order chi connectivity index (χ0) is 24.2. The normalized spacial score (nSPS) is 10.7. The van der Waals surface area contributed by atoms with Gasteiger partial charge in [-0.2, -0.15) is 0 Å². The topological polar surface area (TPSA) is 79.9 Å². The predicted molar refractivity (Wildman–Crippen MR) is 133 cm³/mol. The smallest absolute Gasteiger partial charge is 0.337 e. The van der Waals surface area contributed by atoms with Crippen LogP contribution in [0.2, 0.25) is 0 Å². The maximum Gasteiger partial charge on any atom is 0.337 e. The number of esters is 1. The lowest BCUT2D eigenvalue weighted by molar-refractivity contribution is -0.117. The molecule has 3 aromatic rings. The first kappa shape index (κ1) is 25.0. The number of hydrogen-bond acceptors (Lipinski definition) is 6. The highest BCUT2D eigenvalue weighted by molar-refractivity contribution is 5.92. The number of likely N-dealkylation sites (N-methyl/N-ethyl adjacent to an activating group) is 1. The van der Waals surface area contributed by atoms with Gasteiger partial charge in [0.25, 0.3) is 0 Å². The molecular weight excluding hydrogens is 430 g/mol. The summed E-state index contributed by atoms with van der Waals surface area (Å²) in [7, 11) is 3.31. The predicted octanol–water partition coefficient (Wildman–Crippen LogP) is 4.32. The first-order chi connectivity index (χ1) is 16.5. The Bertz CT molecular complexity index is 1040. The Morgan fingerprint density at radius 1 is 0.882 bits per heavy atom. The van der Waals surface area contributed by atoms with Crippen molar-refractivity contribution in [1.82, 2.24) is 10.2 Å². The summed E-state index contributed by atoms with van der Waals surface area (Å²) in [4.78, 5) is 25.8.